The molecular formula is C18H18Cl2N2O4. The first-order chi connectivity index (χ1) is 12.5. The van der Waals surface area contributed by atoms with E-state index in [1.807, 2.05) is 6.07 Å². The van der Waals surface area contributed by atoms with Gasteiger partial charge in [0, 0.05) is 18.7 Å². The monoisotopic (exact) mass is 396 g/mol. The molecule has 2 amide bonds. The lowest BCUT2D eigenvalue weighted by atomic mass is 10.2. The summed E-state index contributed by atoms with van der Waals surface area (Å²) in [5.74, 6) is 0.426. The first kappa shape index (κ1) is 19.9. The van der Waals surface area contributed by atoms with Crippen LogP contribution in [0.15, 0.2) is 42.5 Å². The van der Waals surface area contributed by atoms with Gasteiger partial charge in [0.25, 0.3) is 11.8 Å². The van der Waals surface area contributed by atoms with Gasteiger partial charge in [0.05, 0.1) is 17.2 Å². The third kappa shape index (κ3) is 5.82. The number of carbonyl (C=O) groups is 2. The Labute approximate surface area is 161 Å². The van der Waals surface area contributed by atoms with E-state index < -0.39 is 0 Å². The van der Waals surface area contributed by atoms with Crippen LogP contribution in [0.1, 0.15) is 10.4 Å². The Morgan fingerprint density at radius 1 is 0.962 bits per heavy atom. The molecule has 138 valence electrons. The zero-order valence-corrected chi connectivity index (χ0v) is 15.6. The molecular weight excluding hydrogens is 379 g/mol. The number of halogens is 2. The van der Waals surface area contributed by atoms with Crippen LogP contribution in [0.3, 0.4) is 0 Å². The molecule has 2 N–H and O–H groups in total. The van der Waals surface area contributed by atoms with Crippen LogP contribution in [0.2, 0.25) is 10.0 Å². The SMILES string of the molecule is COc1ccccc1OCC(=O)NCCNC(=O)c1ccc(Cl)c(Cl)c1. The van der Waals surface area contributed by atoms with E-state index in [2.05, 4.69) is 10.6 Å². The highest BCUT2D eigenvalue weighted by Crippen LogP contribution is 2.25. The van der Waals surface area contributed by atoms with E-state index in [1.165, 1.54) is 13.2 Å². The molecule has 0 aliphatic heterocycles. The van der Waals surface area contributed by atoms with Gasteiger partial charge in [-0.2, -0.15) is 0 Å². The van der Waals surface area contributed by atoms with Crippen molar-refractivity contribution in [1.82, 2.24) is 10.6 Å². The smallest absolute Gasteiger partial charge is 0.258 e. The Balaban J connectivity index is 1.69. The fourth-order valence-electron chi connectivity index (χ4n) is 2.05. The zero-order chi connectivity index (χ0) is 18.9. The topological polar surface area (TPSA) is 76.7 Å². The Morgan fingerprint density at radius 2 is 1.65 bits per heavy atom. The Bertz CT molecular complexity index is 784. The number of benzene rings is 2. The fourth-order valence-corrected chi connectivity index (χ4v) is 2.35. The molecule has 0 aliphatic rings. The van der Waals surface area contributed by atoms with Gasteiger partial charge in [0.15, 0.2) is 18.1 Å². The molecule has 0 aliphatic carbocycles. The minimum atomic E-state index is -0.306. The van der Waals surface area contributed by atoms with Crippen LogP contribution in [-0.2, 0) is 4.79 Å². The average Bonchev–Trinajstić information content (AvgIpc) is 2.65. The van der Waals surface area contributed by atoms with Crippen LogP contribution in [0.5, 0.6) is 11.5 Å². The number of hydrogen-bond acceptors (Lipinski definition) is 4. The van der Waals surface area contributed by atoms with Crippen molar-refractivity contribution in [1.29, 1.82) is 0 Å². The molecule has 26 heavy (non-hydrogen) atoms. The summed E-state index contributed by atoms with van der Waals surface area (Å²) in [5, 5.41) is 6.01. The lowest BCUT2D eigenvalue weighted by Gasteiger charge is -2.11. The highest BCUT2D eigenvalue weighted by Gasteiger charge is 2.09. The van der Waals surface area contributed by atoms with Gasteiger partial charge >= 0.3 is 0 Å². The molecule has 6 nitrogen and oxygen atoms in total. The standard InChI is InChI=1S/C18H18Cl2N2O4/c1-25-15-4-2-3-5-16(15)26-11-17(23)21-8-9-22-18(24)12-6-7-13(19)14(20)10-12/h2-7,10H,8-9,11H2,1H3,(H,21,23)(H,22,24). The third-order valence-corrected chi connectivity index (χ3v) is 4.08. The number of nitrogens with one attached hydrogen (secondary N) is 2. The van der Waals surface area contributed by atoms with Gasteiger partial charge in [-0.05, 0) is 30.3 Å². The first-order valence-electron chi connectivity index (χ1n) is 7.77. The molecule has 0 fully saturated rings. The highest BCUT2D eigenvalue weighted by molar-refractivity contribution is 6.42. The fraction of sp³-hybridized carbons (Fsp3) is 0.222. The molecule has 0 heterocycles. The summed E-state index contributed by atoms with van der Waals surface area (Å²) >= 11 is 11.7. The normalized spacial score (nSPS) is 10.1. The largest absolute Gasteiger partial charge is 0.493 e. The average molecular weight is 397 g/mol. The van der Waals surface area contributed by atoms with E-state index in [0.717, 1.165) is 0 Å². The predicted molar refractivity (Wildman–Crippen MR) is 100 cm³/mol. The molecule has 0 radical (unpaired) electrons. The van der Waals surface area contributed by atoms with Crippen LogP contribution >= 0.6 is 23.2 Å². The molecule has 0 atom stereocenters. The summed E-state index contributed by atoms with van der Waals surface area (Å²) in [4.78, 5) is 23.8. The number of para-hydroxylation sites is 2. The molecule has 0 aromatic heterocycles. The van der Waals surface area contributed by atoms with Crippen molar-refractivity contribution in [2.45, 2.75) is 0 Å². The number of amides is 2. The van der Waals surface area contributed by atoms with E-state index in [4.69, 9.17) is 32.7 Å². The predicted octanol–water partition coefficient (Wildman–Crippen LogP) is 2.93. The molecule has 2 aromatic carbocycles. The van der Waals surface area contributed by atoms with Gasteiger partial charge in [0.2, 0.25) is 0 Å². The number of ether oxygens (including phenoxy) is 2. The molecule has 2 aromatic rings. The summed E-state index contributed by atoms with van der Waals surface area (Å²) in [5.41, 5.74) is 0.394. The van der Waals surface area contributed by atoms with Crippen molar-refractivity contribution in [2.75, 3.05) is 26.8 Å². The second-order valence-corrected chi connectivity index (χ2v) is 5.99. The second-order valence-electron chi connectivity index (χ2n) is 5.17. The van der Waals surface area contributed by atoms with E-state index in [0.29, 0.717) is 27.1 Å². The zero-order valence-electron chi connectivity index (χ0n) is 14.1. The van der Waals surface area contributed by atoms with Gasteiger partial charge in [-0.25, -0.2) is 0 Å². The Hall–Kier alpha value is -2.44. The molecule has 0 saturated carbocycles. The summed E-state index contributed by atoms with van der Waals surface area (Å²) in [7, 11) is 1.53. The number of carbonyl (C=O) groups excluding carboxylic acids is 2. The van der Waals surface area contributed by atoms with Crippen LogP contribution in [0, 0.1) is 0 Å². The quantitative estimate of drug-likeness (QED) is 0.672. The van der Waals surface area contributed by atoms with Crippen LogP contribution in [-0.4, -0.2) is 38.6 Å². The van der Waals surface area contributed by atoms with Gasteiger partial charge < -0.3 is 20.1 Å². The van der Waals surface area contributed by atoms with E-state index in [1.54, 1.807) is 30.3 Å². The van der Waals surface area contributed by atoms with Gasteiger partial charge in [-0.15, -0.1) is 0 Å². The van der Waals surface area contributed by atoms with E-state index >= 15 is 0 Å². The van der Waals surface area contributed by atoms with Gasteiger partial charge in [-0.1, -0.05) is 35.3 Å². The van der Waals surface area contributed by atoms with Crippen molar-refractivity contribution in [2.24, 2.45) is 0 Å². The van der Waals surface area contributed by atoms with Gasteiger partial charge in [-0.3, -0.25) is 9.59 Å². The van der Waals surface area contributed by atoms with Crippen molar-refractivity contribution < 1.29 is 19.1 Å². The first-order valence-corrected chi connectivity index (χ1v) is 8.52. The number of methoxy groups -OCH3 is 1. The molecule has 8 heteroatoms. The summed E-state index contributed by atoms with van der Waals surface area (Å²) in [6, 6.07) is 11.7. The summed E-state index contributed by atoms with van der Waals surface area (Å²) in [6.07, 6.45) is 0. The van der Waals surface area contributed by atoms with Gasteiger partial charge in [0.1, 0.15) is 0 Å². The van der Waals surface area contributed by atoms with E-state index in [-0.39, 0.29) is 31.5 Å². The molecule has 0 saturated heterocycles. The summed E-state index contributed by atoms with van der Waals surface area (Å²) in [6.45, 7) is 0.377. The Morgan fingerprint density at radius 3 is 2.35 bits per heavy atom. The van der Waals surface area contributed by atoms with Crippen molar-refractivity contribution in [3.63, 3.8) is 0 Å². The van der Waals surface area contributed by atoms with Crippen LogP contribution in [0.4, 0.5) is 0 Å². The second kappa shape index (κ2) is 9.89. The number of hydrogen-bond donors (Lipinski definition) is 2. The number of rotatable bonds is 8. The maximum Gasteiger partial charge on any atom is 0.258 e. The van der Waals surface area contributed by atoms with E-state index in [9.17, 15) is 9.59 Å². The lowest BCUT2D eigenvalue weighted by Crippen LogP contribution is -2.36. The lowest BCUT2D eigenvalue weighted by molar-refractivity contribution is -0.123. The Kier molecular flexibility index (Phi) is 7.56. The summed E-state index contributed by atoms with van der Waals surface area (Å²) < 4.78 is 10.5. The van der Waals surface area contributed by atoms with Crippen molar-refractivity contribution >= 4 is 35.0 Å². The minimum Gasteiger partial charge on any atom is -0.493 e. The molecule has 0 bridgehead atoms. The molecule has 2 rings (SSSR count). The van der Waals surface area contributed by atoms with Crippen molar-refractivity contribution in [3.8, 4) is 11.5 Å². The maximum atomic E-state index is 12.0. The van der Waals surface area contributed by atoms with Crippen LogP contribution < -0.4 is 20.1 Å². The van der Waals surface area contributed by atoms with Crippen molar-refractivity contribution in [3.05, 3.63) is 58.1 Å². The third-order valence-electron chi connectivity index (χ3n) is 3.34. The minimum absolute atomic E-state index is 0.152. The molecule has 0 spiro atoms. The van der Waals surface area contributed by atoms with Crippen LogP contribution in [0.25, 0.3) is 0 Å². The maximum absolute atomic E-state index is 12.0. The highest BCUT2D eigenvalue weighted by atomic mass is 35.5. The molecule has 0 unspecified atom stereocenters.